The molecule has 0 unspecified atom stereocenters. The lowest BCUT2D eigenvalue weighted by molar-refractivity contribution is 0.289. The van der Waals surface area contributed by atoms with E-state index in [1.165, 1.54) is 5.56 Å². The first-order valence-corrected chi connectivity index (χ1v) is 7.60. The lowest BCUT2D eigenvalue weighted by Gasteiger charge is -2.23. The molecule has 0 bridgehead atoms. The fraction of sp³-hybridized carbons (Fsp3) is 0.444. The summed E-state index contributed by atoms with van der Waals surface area (Å²) in [7, 11) is -1.82. The van der Waals surface area contributed by atoms with Gasteiger partial charge in [-0.05, 0) is 33.4 Å². The Kier molecular flexibility index (Phi) is 4.29. The Bertz CT molecular complexity index is 674. The third-order valence-corrected chi connectivity index (χ3v) is 3.88. The van der Waals surface area contributed by atoms with Crippen LogP contribution in [-0.4, -0.2) is 17.4 Å². The summed E-state index contributed by atoms with van der Waals surface area (Å²) < 4.78 is 5.20. The van der Waals surface area contributed by atoms with Gasteiger partial charge in [-0.2, -0.15) is 0 Å². The molecule has 0 aliphatic carbocycles. The van der Waals surface area contributed by atoms with Crippen molar-refractivity contribution in [2.75, 3.05) is 0 Å². The molecule has 2 N–H and O–H groups in total. The van der Waals surface area contributed by atoms with Crippen LogP contribution < -0.4 is 4.65 Å². The fourth-order valence-corrected chi connectivity index (χ4v) is 2.45. The largest absolute Gasteiger partial charge is 0.707 e. The normalized spacial score (nSPS) is 12.5. The summed E-state index contributed by atoms with van der Waals surface area (Å²) >= 11 is 0. The average Bonchev–Trinajstić information content (AvgIpc) is 2.35. The van der Waals surface area contributed by atoms with Crippen molar-refractivity contribution in [3.8, 4) is 5.75 Å². The van der Waals surface area contributed by atoms with Gasteiger partial charge in [-0.15, -0.1) is 0 Å². The Hall–Kier alpha value is -1.52. The maximum absolute atomic E-state index is 9.18. The van der Waals surface area contributed by atoms with Gasteiger partial charge in [0.1, 0.15) is 5.75 Å². The molecule has 0 aromatic heterocycles. The molecule has 2 aromatic rings. The number of benzene rings is 2. The van der Waals surface area contributed by atoms with E-state index in [1.807, 2.05) is 12.1 Å². The second-order valence-electron chi connectivity index (χ2n) is 7.85. The van der Waals surface area contributed by atoms with Crippen LogP contribution in [0.4, 0.5) is 0 Å². The van der Waals surface area contributed by atoms with Crippen LogP contribution in [0.25, 0.3) is 10.8 Å². The topological polar surface area (TPSA) is 49.7 Å². The highest BCUT2D eigenvalue weighted by Crippen LogP contribution is 2.35. The smallest absolute Gasteiger partial charge is 0.511 e. The highest BCUT2D eigenvalue weighted by molar-refractivity contribution is 6.34. The summed E-state index contributed by atoms with van der Waals surface area (Å²) in [4.78, 5) is 0. The van der Waals surface area contributed by atoms with Crippen LogP contribution in [0.5, 0.6) is 5.75 Å². The minimum absolute atomic E-state index is 0.0511. The summed E-state index contributed by atoms with van der Waals surface area (Å²) in [5.41, 5.74) is 2.34. The van der Waals surface area contributed by atoms with Gasteiger partial charge >= 0.3 is 7.32 Å². The Morgan fingerprint density at radius 3 is 1.86 bits per heavy atom. The van der Waals surface area contributed by atoms with Gasteiger partial charge in [0, 0.05) is 5.39 Å². The van der Waals surface area contributed by atoms with E-state index in [9.17, 15) is 10.0 Å². The maximum atomic E-state index is 9.18. The van der Waals surface area contributed by atoms with E-state index < -0.39 is 7.32 Å². The molecule has 22 heavy (non-hydrogen) atoms. The molecule has 0 saturated carbocycles. The number of hydrogen-bond acceptors (Lipinski definition) is 3. The van der Waals surface area contributed by atoms with Crippen LogP contribution in [0.2, 0.25) is 0 Å². The first-order valence-electron chi connectivity index (χ1n) is 7.60. The van der Waals surface area contributed by atoms with Gasteiger partial charge in [0.15, 0.2) is 0 Å². The molecule has 2 rings (SSSR count). The molecule has 4 heteroatoms. The molecule has 0 saturated heterocycles. The zero-order valence-corrected chi connectivity index (χ0v) is 14.3. The van der Waals surface area contributed by atoms with E-state index in [-0.39, 0.29) is 10.8 Å². The molecular formula is C18H25BO3. The molecule has 2 aromatic carbocycles. The van der Waals surface area contributed by atoms with Crippen LogP contribution in [0.3, 0.4) is 0 Å². The van der Waals surface area contributed by atoms with Gasteiger partial charge in [0.25, 0.3) is 0 Å². The molecule has 0 aliphatic heterocycles. The van der Waals surface area contributed by atoms with Gasteiger partial charge < -0.3 is 14.7 Å². The molecule has 0 spiro atoms. The summed E-state index contributed by atoms with van der Waals surface area (Å²) in [6.07, 6.45) is 0. The molecule has 118 valence electrons. The highest BCUT2D eigenvalue weighted by atomic mass is 16.6. The van der Waals surface area contributed by atoms with Gasteiger partial charge in [-0.25, -0.2) is 0 Å². The number of hydrogen-bond donors (Lipinski definition) is 2. The zero-order valence-electron chi connectivity index (χ0n) is 14.3. The van der Waals surface area contributed by atoms with Crippen LogP contribution in [-0.2, 0) is 10.8 Å². The molecule has 0 amide bonds. The third-order valence-electron chi connectivity index (χ3n) is 3.88. The first-order chi connectivity index (χ1) is 9.98. The summed E-state index contributed by atoms with van der Waals surface area (Å²) in [6.45, 7) is 12.9. The summed E-state index contributed by atoms with van der Waals surface area (Å²) in [6, 6.07) is 10.2. The van der Waals surface area contributed by atoms with Crippen molar-refractivity contribution < 1.29 is 14.7 Å². The van der Waals surface area contributed by atoms with Crippen molar-refractivity contribution in [3.05, 3.63) is 41.5 Å². The molecule has 3 nitrogen and oxygen atoms in total. The van der Waals surface area contributed by atoms with Gasteiger partial charge in [0.2, 0.25) is 0 Å². The minimum Gasteiger partial charge on any atom is -0.511 e. The van der Waals surface area contributed by atoms with Gasteiger partial charge in [0.05, 0.1) is 0 Å². The third kappa shape index (κ3) is 3.62. The molecule has 0 radical (unpaired) electrons. The molecular weight excluding hydrogens is 275 g/mol. The standard InChI is InChI=1S/C18H25BO3/c1-17(2,3)13-7-8-15-12(9-13)10-14(18(4,5)6)11-16(15)22-19(20)21/h7-11,20-21H,1-6H3. The molecule has 0 aliphatic rings. The first kappa shape index (κ1) is 16.8. The molecule has 0 fully saturated rings. The van der Waals surface area contributed by atoms with Gasteiger partial charge in [-0.1, -0.05) is 65.8 Å². The fourth-order valence-electron chi connectivity index (χ4n) is 2.45. The maximum Gasteiger partial charge on any atom is 0.707 e. The van der Waals surface area contributed by atoms with Crippen molar-refractivity contribution in [3.63, 3.8) is 0 Å². The zero-order chi connectivity index (χ0) is 16.7. The lowest BCUT2D eigenvalue weighted by atomic mass is 9.83. The predicted octanol–water partition coefficient (Wildman–Crippen LogP) is 3.78. The van der Waals surface area contributed by atoms with E-state index in [0.29, 0.717) is 5.75 Å². The minimum atomic E-state index is -1.82. The molecule has 0 atom stereocenters. The van der Waals surface area contributed by atoms with Crippen molar-refractivity contribution >= 4 is 18.1 Å². The second-order valence-corrected chi connectivity index (χ2v) is 7.85. The summed E-state index contributed by atoms with van der Waals surface area (Å²) in [5.74, 6) is 0.498. The van der Waals surface area contributed by atoms with E-state index in [2.05, 4.69) is 59.7 Å². The van der Waals surface area contributed by atoms with Crippen molar-refractivity contribution in [2.45, 2.75) is 52.4 Å². The van der Waals surface area contributed by atoms with Crippen molar-refractivity contribution in [1.29, 1.82) is 0 Å². The highest BCUT2D eigenvalue weighted by Gasteiger charge is 2.21. The van der Waals surface area contributed by atoms with Crippen LogP contribution >= 0.6 is 0 Å². The average molecular weight is 300 g/mol. The number of fused-ring (bicyclic) bond motifs is 1. The Balaban J connectivity index is 2.71. The van der Waals surface area contributed by atoms with Crippen LogP contribution in [0.1, 0.15) is 52.7 Å². The van der Waals surface area contributed by atoms with E-state index in [4.69, 9.17) is 4.65 Å². The van der Waals surface area contributed by atoms with Crippen LogP contribution in [0.15, 0.2) is 30.3 Å². The van der Waals surface area contributed by atoms with E-state index in [0.717, 1.165) is 16.3 Å². The van der Waals surface area contributed by atoms with Crippen LogP contribution in [0, 0.1) is 0 Å². The summed E-state index contributed by atoms with van der Waals surface area (Å²) in [5, 5.41) is 20.3. The Morgan fingerprint density at radius 1 is 0.818 bits per heavy atom. The quantitative estimate of drug-likeness (QED) is 0.830. The Labute approximate surface area is 133 Å². The van der Waals surface area contributed by atoms with E-state index >= 15 is 0 Å². The van der Waals surface area contributed by atoms with Gasteiger partial charge in [-0.3, -0.25) is 0 Å². The Morgan fingerprint density at radius 2 is 1.36 bits per heavy atom. The predicted molar refractivity (Wildman–Crippen MR) is 92.2 cm³/mol. The second kappa shape index (κ2) is 5.60. The SMILES string of the molecule is CC(C)(C)c1ccc2c(OB(O)O)cc(C(C)(C)C)cc2c1. The van der Waals surface area contributed by atoms with Crippen molar-refractivity contribution in [2.24, 2.45) is 0 Å². The number of rotatable bonds is 2. The van der Waals surface area contributed by atoms with E-state index in [1.54, 1.807) is 0 Å². The lowest BCUT2D eigenvalue weighted by Crippen LogP contribution is -2.21. The molecule has 0 heterocycles. The monoisotopic (exact) mass is 300 g/mol. The van der Waals surface area contributed by atoms with Crippen molar-refractivity contribution in [1.82, 2.24) is 0 Å².